The van der Waals surface area contributed by atoms with E-state index in [9.17, 15) is 4.79 Å². The summed E-state index contributed by atoms with van der Waals surface area (Å²) < 4.78 is 0. The monoisotopic (exact) mass is 245 g/mol. The van der Waals surface area contributed by atoms with Crippen molar-refractivity contribution >= 4 is 5.97 Å². The van der Waals surface area contributed by atoms with E-state index in [4.69, 9.17) is 5.11 Å². The number of carboxylic acid groups (broad SMARTS) is 1. The third kappa shape index (κ3) is 7.19. The second-order valence-corrected chi connectivity index (χ2v) is 3.33. The Hall–Kier alpha value is -2.13. The van der Waals surface area contributed by atoms with Crippen LogP contribution in [0.25, 0.3) is 0 Å². The Morgan fingerprint density at radius 1 is 0.889 bits per heavy atom. The molecule has 2 aromatic rings. The maximum atomic E-state index is 10.2. The van der Waals surface area contributed by atoms with Crippen molar-refractivity contribution in [3.05, 3.63) is 71.8 Å². The number of carboxylic acids is 1. The molecule has 3 N–H and O–H groups in total. The second kappa shape index (κ2) is 10.1. The molecule has 0 amide bonds. The van der Waals surface area contributed by atoms with Gasteiger partial charge in [0.05, 0.1) is 5.56 Å². The van der Waals surface area contributed by atoms with Crippen molar-refractivity contribution in [1.29, 1.82) is 0 Å². The molecule has 0 heterocycles. The van der Waals surface area contributed by atoms with Gasteiger partial charge in [0.25, 0.3) is 0 Å². The fourth-order valence-corrected chi connectivity index (χ4v) is 1.12. The van der Waals surface area contributed by atoms with Gasteiger partial charge < -0.3 is 10.8 Å². The first-order valence-electron chi connectivity index (χ1n) is 5.58. The Labute approximate surface area is 108 Å². The van der Waals surface area contributed by atoms with Gasteiger partial charge in [0.2, 0.25) is 0 Å². The lowest BCUT2D eigenvalue weighted by atomic mass is 10.2. The Morgan fingerprint density at radius 3 is 1.50 bits per heavy atom. The molecule has 0 fully saturated rings. The van der Waals surface area contributed by atoms with E-state index in [1.54, 1.807) is 30.3 Å². The smallest absolute Gasteiger partial charge is 0.335 e. The summed E-state index contributed by atoms with van der Waals surface area (Å²) >= 11 is 0. The van der Waals surface area contributed by atoms with Gasteiger partial charge in [-0.15, -0.1) is 0 Å². The topological polar surface area (TPSA) is 63.3 Å². The van der Waals surface area contributed by atoms with E-state index >= 15 is 0 Å². The molecule has 18 heavy (non-hydrogen) atoms. The highest BCUT2D eigenvalue weighted by atomic mass is 16.4. The van der Waals surface area contributed by atoms with E-state index in [0.717, 1.165) is 0 Å². The van der Waals surface area contributed by atoms with Gasteiger partial charge >= 0.3 is 5.97 Å². The van der Waals surface area contributed by atoms with Gasteiger partial charge in [0, 0.05) is 0 Å². The van der Waals surface area contributed by atoms with Crippen LogP contribution in [-0.4, -0.2) is 18.1 Å². The molecule has 0 radical (unpaired) electrons. The third-order valence-electron chi connectivity index (χ3n) is 1.96. The van der Waals surface area contributed by atoms with Crippen LogP contribution in [0.1, 0.15) is 15.9 Å². The highest BCUT2D eigenvalue weighted by Crippen LogP contribution is 1.96. The summed E-state index contributed by atoms with van der Waals surface area (Å²) in [7, 11) is 1.50. The van der Waals surface area contributed by atoms with E-state index in [1.807, 2.05) is 18.2 Å². The summed E-state index contributed by atoms with van der Waals surface area (Å²) in [6.07, 6.45) is 0. The summed E-state index contributed by atoms with van der Waals surface area (Å²) in [6, 6.07) is 18.6. The quantitative estimate of drug-likeness (QED) is 0.812. The first-order valence-corrected chi connectivity index (χ1v) is 5.58. The van der Waals surface area contributed by atoms with Crippen molar-refractivity contribution in [2.75, 3.05) is 7.05 Å². The standard InChI is InChI=1S/C7H6O2.C7H8.CH5N/c8-7(9)6-4-2-1-3-5-6;1-7-5-3-2-4-6-7;1-2/h1-5H,(H,8,9);2-6H,1H3;2H2,1H3. The SMILES string of the molecule is CN.Cc1ccccc1.O=C(O)c1ccccc1. The number of carbonyl (C=O) groups is 1. The van der Waals surface area contributed by atoms with Gasteiger partial charge in [0.1, 0.15) is 0 Å². The molecular weight excluding hydrogens is 226 g/mol. The summed E-state index contributed by atoms with van der Waals surface area (Å²) in [5.41, 5.74) is 6.15. The molecule has 96 valence electrons. The minimum absolute atomic E-state index is 0.331. The molecule has 0 atom stereocenters. The van der Waals surface area contributed by atoms with Gasteiger partial charge in [0.15, 0.2) is 0 Å². The number of rotatable bonds is 1. The van der Waals surface area contributed by atoms with Gasteiger partial charge in [-0.1, -0.05) is 54.1 Å². The zero-order valence-electron chi connectivity index (χ0n) is 10.7. The zero-order valence-corrected chi connectivity index (χ0v) is 10.7. The van der Waals surface area contributed by atoms with E-state index in [-0.39, 0.29) is 0 Å². The maximum Gasteiger partial charge on any atom is 0.335 e. The molecule has 0 aliphatic rings. The van der Waals surface area contributed by atoms with E-state index in [0.29, 0.717) is 5.56 Å². The van der Waals surface area contributed by atoms with E-state index in [2.05, 4.69) is 24.8 Å². The van der Waals surface area contributed by atoms with Gasteiger partial charge in [-0.2, -0.15) is 0 Å². The van der Waals surface area contributed by atoms with Crippen LogP contribution in [0.4, 0.5) is 0 Å². The van der Waals surface area contributed by atoms with Crippen LogP contribution in [0.15, 0.2) is 60.7 Å². The van der Waals surface area contributed by atoms with Gasteiger partial charge in [-0.05, 0) is 26.1 Å². The van der Waals surface area contributed by atoms with Crippen molar-refractivity contribution in [3.63, 3.8) is 0 Å². The number of nitrogens with two attached hydrogens (primary N) is 1. The number of aryl methyl sites for hydroxylation is 1. The minimum atomic E-state index is -0.879. The fourth-order valence-electron chi connectivity index (χ4n) is 1.12. The summed E-state index contributed by atoms with van der Waals surface area (Å²) in [6.45, 7) is 2.08. The van der Waals surface area contributed by atoms with Crippen molar-refractivity contribution < 1.29 is 9.90 Å². The summed E-state index contributed by atoms with van der Waals surface area (Å²) in [5, 5.41) is 8.38. The van der Waals surface area contributed by atoms with Crippen LogP contribution in [0, 0.1) is 6.92 Å². The maximum absolute atomic E-state index is 10.2. The summed E-state index contributed by atoms with van der Waals surface area (Å²) in [5.74, 6) is -0.879. The number of hydrogen-bond donors (Lipinski definition) is 2. The average Bonchev–Trinajstić information content (AvgIpc) is 2.43. The van der Waals surface area contributed by atoms with Crippen LogP contribution in [-0.2, 0) is 0 Å². The number of aromatic carboxylic acids is 1. The summed E-state index contributed by atoms with van der Waals surface area (Å²) in [4.78, 5) is 10.2. The Bertz CT molecular complexity index is 427. The minimum Gasteiger partial charge on any atom is -0.478 e. The number of hydrogen-bond acceptors (Lipinski definition) is 2. The molecule has 2 rings (SSSR count). The molecule has 0 aliphatic carbocycles. The Morgan fingerprint density at radius 2 is 1.28 bits per heavy atom. The van der Waals surface area contributed by atoms with Crippen LogP contribution in [0.2, 0.25) is 0 Å². The van der Waals surface area contributed by atoms with Crippen molar-refractivity contribution in [2.45, 2.75) is 6.92 Å². The molecule has 3 nitrogen and oxygen atoms in total. The first kappa shape index (κ1) is 15.9. The van der Waals surface area contributed by atoms with Crippen LogP contribution in [0.5, 0.6) is 0 Å². The van der Waals surface area contributed by atoms with E-state index in [1.165, 1.54) is 12.6 Å². The Kier molecular flexibility index (Phi) is 8.86. The van der Waals surface area contributed by atoms with Crippen molar-refractivity contribution in [1.82, 2.24) is 0 Å². The molecule has 2 aromatic carbocycles. The normalized spacial score (nSPS) is 8.17. The van der Waals surface area contributed by atoms with Crippen LogP contribution >= 0.6 is 0 Å². The molecular formula is C15H19NO2. The predicted octanol–water partition coefficient (Wildman–Crippen LogP) is 2.95. The molecule has 3 heteroatoms. The van der Waals surface area contributed by atoms with Crippen molar-refractivity contribution in [3.8, 4) is 0 Å². The second-order valence-electron chi connectivity index (χ2n) is 3.33. The zero-order chi connectivity index (χ0) is 13.8. The molecule has 0 unspecified atom stereocenters. The lowest BCUT2D eigenvalue weighted by molar-refractivity contribution is 0.0697. The highest BCUT2D eigenvalue weighted by Gasteiger charge is 1.96. The van der Waals surface area contributed by atoms with E-state index < -0.39 is 5.97 Å². The Balaban J connectivity index is 0.000000289. The molecule has 0 bridgehead atoms. The van der Waals surface area contributed by atoms with Crippen molar-refractivity contribution in [2.24, 2.45) is 5.73 Å². The first-order chi connectivity index (χ1) is 8.70. The molecule has 0 spiro atoms. The molecule has 0 aromatic heterocycles. The van der Waals surface area contributed by atoms with Gasteiger partial charge in [-0.3, -0.25) is 0 Å². The lowest BCUT2D eigenvalue weighted by Crippen LogP contribution is -1.93. The molecule has 0 saturated carbocycles. The number of benzene rings is 2. The molecule has 0 saturated heterocycles. The van der Waals surface area contributed by atoms with Crippen LogP contribution < -0.4 is 5.73 Å². The molecule has 0 aliphatic heterocycles. The predicted molar refractivity (Wildman–Crippen MR) is 74.7 cm³/mol. The fraction of sp³-hybridized carbons (Fsp3) is 0.133. The largest absolute Gasteiger partial charge is 0.478 e. The van der Waals surface area contributed by atoms with Crippen LogP contribution in [0.3, 0.4) is 0 Å². The lowest BCUT2D eigenvalue weighted by Gasteiger charge is -1.88. The van der Waals surface area contributed by atoms with Gasteiger partial charge in [-0.25, -0.2) is 4.79 Å². The third-order valence-corrected chi connectivity index (χ3v) is 1.96. The average molecular weight is 245 g/mol. The highest BCUT2D eigenvalue weighted by molar-refractivity contribution is 5.87.